The Morgan fingerprint density at radius 2 is 1.82 bits per heavy atom. The van der Waals surface area contributed by atoms with Gasteiger partial charge >= 0.3 is 11.9 Å². The fraction of sp³-hybridized carbons (Fsp3) is 0.368. The largest absolute Gasteiger partial charge is 0.478 e. The molecule has 0 aromatic heterocycles. The highest BCUT2D eigenvalue weighted by atomic mass is 16.6. The molecule has 28 heavy (non-hydrogen) atoms. The van der Waals surface area contributed by atoms with E-state index in [0.29, 0.717) is 18.0 Å². The lowest BCUT2D eigenvalue weighted by Crippen LogP contribution is -2.36. The van der Waals surface area contributed by atoms with Crippen LogP contribution in [0.4, 0.5) is 5.69 Å². The van der Waals surface area contributed by atoms with E-state index in [2.05, 4.69) is 0 Å². The zero-order valence-corrected chi connectivity index (χ0v) is 16.1. The maximum absolute atomic E-state index is 12.6. The second kappa shape index (κ2) is 8.66. The molecule has 2 rings (SSSR count). The van der Waals surface area contributed by atoms with Crippen molar-refractivity contribution in [1.82, 2.24) is 4.90 Å². The van der Waals surface area contributed by atoms with Crippen LogP contribution in [0, 0.1) is 10.1 Å². The SMILES string of the molecule is CCOCN1C(C)=C(C(=O)O)C(c2ccccc2[N+](=O)[O-])C(C(=O)OC)=C1C. The van der Waals surface area contributed by atoms with Crippen molar-refractivity contribution >= 4 is 17.6 Å². The molecule has 0 saturated carbocycles. The van der Waals surface area contributed by atoms with Gasteiger partial charge in [0.25, 0.3) is 5.69 Å². The lowest BCUT2D eigenvalue weighted by Gasteiger charge is -2.36. The number of aliphatic carboxylic acids is 1. The van der Waals surface area contributed by atoms with Gasteiger partial charge in [0.2, 0.25) is 0 Å². The molecule has 1 unspecified atom stereocenters. The zero-order chi connectivity index (χ0) is 21.0. The molecule has 1 aliphatic rings. The molecule has 1 atom stereocenters. The molecule has 0 spiro atoms. The Kier molecular flexibility index (Phi) is 6.53. The summed E-state index contributed by atoms with van der Waals surface area (Å²) in [5.74, 6) is -3.19. The van der Waals surface area contributed by atoms with Gasteiger partial charge in [0.1, 0.15) is 6.73 Å². The summed E-state index contributed by atoms with van der Waals surface area (Å²) in [6, 6.07) is 5.78. The fourth-order valence-corrected chi connectivity index (χ4v) is 3.34. The van der Waals surface area contributed by atoms with Crippen molar-refractivity contribution < 1.29 is 29.1 Å². The number of hydrogen-bond acceptors (Lipinski definition) is 7. The number of nitro groups is 1. The normalized spacial score (nSPS) is 17.0. The van der Waals surface area contributed by atoms with Crippen LogP contribution in [0.15, 0.2) is 46.8 Å². The third-order valence-corrected chi connectivity index (χ3v) is 4.67. The molecule has 0 bridgehead atoms. The van der Waals surface area contributed by atoms with Gasteiger partial charge in [-0.2, -0.15) is 0 Å². The van der Waals surface area contributed by atoms with Crippen LogP contribution in [0.25, 0.3) is 0 Å². The monoisotopic (exact) mass is 390 g/mol. The molecule has 9 heteroatoms. The van der Waals surface area contributed by atoms with E-state index in [1.165, 1.54) is 25.3 Å². The second-order valence-corrected chi connectivity index (χ2v) is 6.09. The first-order valence-electron chi connectivity index (χ1n) is 8.57. The number of carboxylic acids is 1. The van der Waals surface area contributed by atoms with Crippen molar-refractivity contribution in [2.45, 2.75) is 26.7 Å². The summed E-state index contributed by atoms with van der Waals surface area (Å²) in [5, 5.41) is 21.4. The number of carbonyl (C=O) groups excluding carboxylic acids is 1. The number of carbonyl (C=O) groups is 2. The molecule has 0 saturated heterocycles. The van der Waals surface area contributed by atoms with Gasteiger partial charge in [-0.3, -0.25) is 10.1 Å². The first-order valence-corrected chi connectivity index (χ1v) is 8.57. The lowest BCUT2D eigenvalue weighted by molar-refractivity contribution is -0.385. The molecular weight excluding hydrogens is 368 g/mol. The highest BCUT2D eigenvalue weighted by Gasteiger charge is 2.42. The Morgan fingerprint density at radius 3 is 2.36 bits per heavy atom. The minimum Gasteiger partial charge on any atom is -0.478 e. The number of nitro benzene ring substituents is 1. The quantitative estimate of drug-likeness (QED) is 0.429. The van der Waals surface area contributed by atoms with E-state index >= 15 is 0 Å². The number of ether oxygens (including phenoxy) is 2. The molecule has 0 aliphatic carbocycles. The molecular formula is C19H22N2O7. The van der Waals surface area contributed by atoms with Gasteiger partial charge in [-0.25, -0.2) is 9.59 Å². The molecule has 0 amide bonds. The first kappa shape index (κ1) is 21.1. The Bertz CT molecular complexity index is 873. The number of methoxy groups -OCH3 is 1. The summed E-state index contributed by atoms with van der Waals surface area (Å²) in [6.45, 7) is 5.43. The molecule has 1 heterocycles. The molecule has 1 aliphatic heterocycles. The molecule has 1 N–H and O–H groups in total. The number of carboxylic acid groups (broad SMARTS) is 1. The van der Waals surface area contributed by atoms with Gasteiger partial charge in [-0.05, 0) is 20.8 Å². The number of rotatable bonds is 7. The minimum absolute atomic E-state index is 0.0273. The summed E-state index contributed by atoms with van der Waals surface area (Å²) < 4.78 is 10.3. The van der Waals surface area contributed by atoms with Gasteiger partial charge in [0.05, 0.1) is 29.1 Å². The number of nitrogens with zero attached hydrogens (tertiary/aromatic N) is 2. The smallest absolute Gasteiger partial charge is 0.336 e. The van der Waals surface area contributed by atoms with Gasteiger partial charge in [-0.15, -0.1) is 0 Å². The van der Waals surface area contributed by atoms with Gasteiger partial charge in [0.15, 0.2) is 0 Å². The summed E-state index contributed by atoms with van der Waals surface area (Å²) in [7, 11) is 1.18. The number of para-hydroxylation sites is 1. The Hall–Kier alpha value is -3.20. The topological polar surface area (TPSA) is 119 Å². The van der Waals surface area contributed by atoms with Gasteiger partial charge < -0.3 is 19.5 Å². The predicted molar refractivity (Wildman–Crippen MR) is 99.2 cm³/mol. The van der Waals surface area contributed by atoms with E-state index in [0.717, 1.165) is 0 Å². The molecule has 0 fully saturated rings. The highest BCUT2D eigenvalue weighted by Crippen LogP contribution is 2.44. The Morgan fingerprint density at radius 1 is 1.21 bits per heavy atom. The number of allylic oxidation sites excluding steroid dienone is 2. The lowest BCUT2D eigenvalue weighted by atomic mass is 9.79. The van der Waals surface area contributed by atoms with Crippen LogP contribution < -0.4 is 0 Å². The van der Waals surface area contributed by atoms with E-state index in [9.17, 15) is 24.8 Å². The van der Waals surface area contributed by atoms with Crippen molar-refractivity contribution in [2.75, 3.05) is 20.4 Å². The second-order valence-electron chi connectivity index (χ2n) is 6.09. The summed E-state index contributed by atoms with van der Waals surface area (Å²) in [4.78, 5) is 37.2. The van der Waals surface area contributed by atoms with Crippen LogP contribution in [-0.2, 0) is 19.1 Å². The average Bonchev–Trinajstić information content (AvgIpc) is 2.66. The van der Waals surface area contributed by atoms with Crippen LogP contribution in [0.5, 0.6) is 0 Å². The Balaban J connectivity index is 2.83. The van der Waals surface area contributed by atoms with E-state index in [1.807, 2.05) is 0 Å². The van der Waals surface area contributed by atoms with Crippen LogP contribution in [0.2, 0.25) is 0 Å². The maximum atomic E-state index is 12.6. The fourth-order valence-electron chi connectivity index (χ4n) is 3.34. The van der Waals surface area contributed by atoms with E-state index < -0.39 is 22.8 Å². The zero-order valence-electron chi connectivity index (χ0n) is 16.1. The Labute approximate surface area is 162 Å². The third kappa shape index (κ3) is 3.74. The number of hydrogen-bond donors (Lipinski definition) is 1. The van der Waals surface area contributed by atoms with Gasteiger partial charge in [0, 0.05) is 29.6 Å². The minimum atomic E-state index is -1.28. The van der Waals surface area contributed by atoms with Crippen LogP contribution >= 0.6 is 0 Å². The third-order valence-electron chi connectivity index (χ3n) is 4.67. The van der Waals surface area contributed by atoms with Crippen LogP contribution in [-0.4, -0.2) is 47.3 Å². The van der Waals surface area contributed by atoms with Crippen molar-refractivity contribution in [1.29, 1.82) is 0 Å². The molecule has 9 nitrogen and oxygen atoms in total. The van der Waals surface area contributed by atoms with Crippen molar-refractivity contribution in [2.24, 2.45) is 0 Å². The summed E-state index contributed by atoms with van der Waals surface area (Å²) >= 11 is 0. The molecule has 150 valence electrons. The first-order chi connectivity index (χ1) is 13.3. The molecule has 0 radical (unpaired) electrons. The van der Waals surface area contributed by atoms with Crippen LogP contribution in [0.3, 0.4) is 0 Å². The highest BCUT2D eigenvalue weighted by molar-refractivity contribution is 5.99. The van der Waals surface area contributed by atoms with Gasteiger partial charge in [-0.1, -0.05) is 18.2 Å². The summed E-state index contributed by atoms with van der Waals surface area (Å²) in [5.41, 5.74) is 0.492. The van der Waals surface area contributed by atoms with E-state index in [4.69, 9.17) is 9.47 Å². The number of benzene rings is 1. The summed E-state index contributed by atoms with van der Waals surface area (Å²) in [6.07, 6.45) is 0. The molecule has 1 aromatic carbocycles. The van der Waals surface area contributed by atoms with Crippen molar-refractivity contribution in [3.8, 4) is 0 Å². The van der Waals surface area contributed by atoms with Crippen molar-refractivity contribution in [3.05, 3.63) is 62.5 Å². The van der Waals surface area contributed by atoms with E-state index in [-0.39, 0.29) is 29.1 Å². The van der Waals surface area contributed by atoms with E-state index in [1.54, 1.807) is 31.7 Å². The average molecular weight is 390 g/mol. The predicted octanol–water partition coefficient (Wildman–Crippen LogP) is 2.79. The van der Waals surface area contributed by atoms with Crippen molar-refractivity contribution in [3.63, 3.8) is 0 Å². The van der Waals surface area contributed by atoms with Crippen LogP contribution in [0.1, 0.15) is 32.3 Å². The number of esters is 1. The standard InChI is InChI=1S/C19H22N2O7/c1-5-28-10-20-11(2)15(18(22)23)17(16(12(20)3)19(24)27-4)13-8-6-7-9-14(13)21(25)26/h6-9,17H,5,10H2,1-4H3,(H,22,23). The maximum Gasteiger partial charge on any atom is 0.336 e. The molecule has 1 aromatic rings.